The molecule has 5 rings (SSSR count). The van der Waals surface area contributed by atoms with Crippen LogP contribution < -0.4 is 5.32 Å². The van der Waals surface area contributed by atoms with E-state index in [0.717, 1.165) is 29.9 Å². The number of imidazole rings is 1. The first kappa shape index (κ1) is 23.6. The zero-order valence-corrected chi connectivity index (χ0v) is 21.5. The molecule has 4 aromatic rings. The number of alkyl carbamates (subject to hydrolysis) is 1. The summed E-state index contributed by atoms with van der Waals surface area (Å²) in [6.45, 7) is 4.47. The molecule has 2 N–H and O–H groups in total. The molecule has 1 aliphatic rings. The predicted octanol–water partition coefficient (Wildman–Crippen LogP) is 6.06. The summed E-state index contributed by atoms with van der Waals surface area (Å²) in [5.41, 5.74) is 4.57. The molecule has 2 amide bonds. The number of hydrogen-bond donors (Lipinski definition) is 2. The van der Waals surface area contributed by atoms with Gasteiger partial charge in [-0.3, -0.25) is 4.79 Å². The fourth-order valence-corrected chi connectivity index (χ4v) is 7.10. The number of likely N-dealkylation sites (tertiary alicyclic amines) is 1. The number of ether oxygens (including phenoxy) is 1. The van der Waals surface area contributed by atoms with E-state index >= 15 is 0 Å². The number of methoxy groups -OCH3 is 1. The van der Waals surface area contributed by atoms with Gasteiger partial charge < -0.3 is 19.9 Å². The molecule has 7 nitrogen and oxygen atoms in total. The van der Waals surface area contributed by atoms with E-state index in [4.69, 9.17) is 4.74 Å². The van der Waals surface area contributed by atoms with E-state index in [1.165, 1.54) is 27.6 Å². The van der Waals surface area contributed by atoms with Crippen molar-refractivity contribution in [2.24, 2.45) is 5.92 Å². The molecule has 0 saturated carbocycles. The molecule has 0 spiro atoms. The minimum Gasteiger partial charge on any atom is -0.453 e. The van der Waals surface area contributed by atoms with Gasteiger partial charge in [0.15, 0.2) is 0 Å². The maximum Gasteiger partial charge on any atom is 0.407 e. The molecule has 182 valence electrons. The van der Waals surface area contributed by atoms with Crippen molar-refractivity contribution in [3.8, 4) is 22.4 Å². The number of aromatic nitrogens is 2. The van der Waals surface area contributed by atoms with Crippen LogP contribution in [-0.4, -0.2) is 46.6 Å². The maximum atomic E-state index is 13.4. The van der Waals surface area contributed by atoms with Gasteiger partial charge in [0.2, 0.25) is 5.91 Å². The molecular weight excluding hydrogens is 480 g/mol. The van der Waals surface area contributed by atoms with E-state index in [-0.39, 0.29) is 17.9 Å². The van der Waals surface area contributed by atoms with Crippen LogP contribution in [0.2, 0.25) is 0 Å². The zero-order chi connectivity index (χ0) is 24.5. The average Bonchev–Trinajstić information content (AvgIpc) is 3.65. The second-order valence-corrected chi connectivity index (χ2v) is 10.8. The Hall–Kier alpha value is -3.17. The number of H-pyrrole nitrogens is 1. The van der Waals surface area contributed by atoms with Crippen LogP contribution >= 0.6 is 22.7 Å². The topological polar surface area (TPSA) is 87.3 Å². The van der Waals surface area contributed by atoms with E-state index in [2.05, 4.69) is 50.3 Å². The molecule has 2 atom stereocenters. The Labute approximate surface area is 212 Å². The first-order valence-corrected chi connectivity index (χ1v) is 13.5. The number of aromatic amines is 1. The normalized spacial score (nSPS) is 16.7. The third-order valence-corrected chi connectivity index (χ3v) is 8.65. The highest BCUT2D eigenvalue weighted by atomic mass is 32.1. The van der Waals surface area contributed by atoms with Gasteiger partial charge in [-0.15, -0.1) is 22.7 Å². The Morgan fingerprint density at radius 3 is 2.57 bits per heavy atom. The molecule has 0 aliphatic carbocycles. The molecular formula is C26H28N4O3S2. The van der Waals surface area contributed by atoms with Crippen LogP contribution in [0.15, 0.2) is 47.3 Å². The third kappa shape index (κ3) is 4.46. The number of fused-ring (bicyclic) bond motifs is 1. The number of benzene rings is 1. The molecule has 1 fully saturated rings. The fraction of sp³-hybridized carbons (Fsp3) is 0.346. The van der Waals surface area contributed by atoms with Gasteiger partial charge in [0, 0.05) is 28.4 Å². The fourth-order valence-electron chi connectivity index (χ4n) is 4.66. The van der Waals surface area contributed by atoms with Gasteiger partial charge in [-0.1, -0.05) is 44.2 Å². The zero-order valence-electron chi connectivity index (χ0n) is 19.9. The van der Waals surface area contributed by atoms with Crippen LogP contribution in [0, 0.1) is 5.92 Å². The Kier molecular flexibility index (Phi) is 6.62. The number of nitrogens with one attached hydrogen (secondary N) is 2. The quantitative estimate of drug-likeness (QED) is 0.331. The molecule has 0 radical (unpaired) electrons. The van der Waals surface area contributed by atoms with Gasteiger partial charge in [0.1, 0.15) is 11.9 Å². The lowest BCUT2D eigenvalue weighted by molar-refractivity contribution is -0.135. The van der Waals surface area contributed by atoms with Crippen molar-refractivity contribution >= 4 is 44.1 Å². The van der Waals surface area contributed by atoms with Crippen LogP contribution in [0.25, 0.3) is 31.8 Å². The SMILES string of the molecule is COC(=O)N[C@H](C(=O)N1CCC[C@H]1c1ncc(-c2csc3c(-c4ccccc4)csc23)[nH]1)C(C)C. The lowest BCUT2D eigenvalue weighted by Crippen LogP contribution is -2.51. The highest BCUT2D eigenvalue weighted by Crippen LogP contribution is 2.44. The van der Waals surface area contributed by atoms with Crippen LogP contribution in [0.1, 0.15) is 38.6 Å². The van der Waals surface area contributed by atoms with Gasteiger partial charge in [0.05, 0.1) is 34.4 Å². The van der Waals surface area contributed by atoms with Crippen LogP contribution in [-0.2, 0) is 9.53 Å². The second-order valence-electron chi connectivity index (χ2n) is 9.05. The molecule has 1 aromatic carbocycles. The molecule has 9 heteroatoms. The molecule has 1 aliphatic heterocycles. The van der Waals surface area contributed by atoms with Crippen molar-refractivity contribution in [1.82, 2.24) is 20.2 Å². The minimum absolute atomic E-state index is 0.0632. The maximum absolute atomic E-state index is 13.4. The molecule has 0 bridgehead atoms. The number of carbonyl (C=O) groups excluding carboxylic acids is 2. The lowest BCUT2D eigenvalue weighted by Gasteiger charge is -2.30. The number of thiophene rings is 2. The van der Waals surface area contributed by atoms with Crippen LogP contribution in [0.4, 0.5) is 4.79 Å². The van der Waals surface area contributed by atoms with Crippen molar-refractivity contribution in [3.63, 3.8) is 0 Å². The van der Waals surface area contributed by atoms with E-state index in [1.54, 1.807) is 22.7 Å². The number of hydrogen-bond acceptors (Lipinski definition) is 6. The van der Waals surface area contributed by atoms with Gasteiger partial charge in [-0.05, 0) is 24.3 Å². The Morgan fingerprint density at radius 1 is 1.14 bits per heavy atom. The van der Waals surface area contributed by atoms with Gasteiger partial charge in [0.25, 0.3) is 0 Å². The monoisotopic (exact) mass is 508 g/mol. The van der Waals surface area contributed by atoms with Crippen LogP contribution in [0.5, 0.6) is 0 Å². The Morgan fingerprint density at radius 2 is 1.86 bits per heavy atom. The van der Waals surface area contributed by atoms with Crippen molar-refractivity contribution in [1.29, 1.82) is 0 Å². The summed E-state index contributed by atoms with van der Waals surface area (Å²) < 4.78 is 7.25. The summed E-state index contributed by atoms with van der Waals surface area (Å²) in [4.78, 5) is 35.2. The van der Waals surface area contributed by atoms with Gasteiger partial charge in [-0.25, -0.2) is 9.78 Å². The summed E-state index contributed by atoms with van der Waals surface area (Å²) in [5, 5.41) is 7.09. The number of amides is 2. The average molecular weight is 509 g/mol. The number of carbonyl (C=O) groups is 2. The Bertz CT molecular complexity index is 1340. The highest BCUT2D eigenvalue weighted by Gasteiger charge is 2.37. The third-order valence-electron chi connectivity index (χ3n) is 6.50. The highest BCUT2D eigenvalue weighted by molar-refractivity contribution is 7.27. The second kappa shape index (κ2) is 9.83. The molecule has 4 heterocycles. The smallest absolute Gasteiger partial charge is 0.407 e. The first-order valence-electron chi connectivity index (χ1n) is 11.7. The molecule has 0 unspecified atom stereocenters. The summed E-state index contributed by atoms with van der Waals surface area (Å²) in [6, 6.07) is 9.65. The lowest BCUT2D eigenvalue weighted by atomic mass is 10.0. The summed E-state index contributed by atoms with van der Waals surface area (Å²) >= 11 is 3.49. The van der Waals surface area contributed by atoms with E-state index in [0.29, 0.717) is 6.54 Å². The van der Waals surface area contributed by atoms with E-state index in [9.17, 15) is 9.59 Å². The molecule has 3 aromatic heterocycles. The van der Waals surface area contributed by atoms with Crippen molar-refractivity contribution < 1.29 is 14.3 Å². The van der Waals surface area contributed by atoms with Gasteiger partial charge >= 0.3 is 6.09 Å². The summed E-state index contributed by atoms with van der Waals surface area (Å²) in [7, 11) is 1.30. The number of nitrogens with zero attached hydrogens (tertiary/aromatic N) is 2. The van der Waals surface area contributed by atoms with Gasteiger partial charge in [-0.2, -0.15) is 0 Å². The Balaban J connectivity index is 1.40. The largest absolute Gasteiger partial charge is 0.453 e. The summed E-state index contributed by atoms with van der Waals surface area (Å²) in [5.74, 6) is 0.617. The van der Waals surface area contributed by atoms with E-state index < -0.39 is 12.1 Å². The number of rotatable bonds is 6. The first-order chi connectivity index (χ1) is 17.0. The molecule has 35 heavy (non-hydrogen) atoms. The molecule has 1 saturated heterocycles. The van der Waals surface area contributed by atoms with Crippen molar-refractivity contribution in [3.05, 3.63) is 53.1 Å². The minimum atomic E-state index is -0.642. The van der Waals surface area contributed by atoms with E-state index in [1.807, 2.05) is 31.0 Å². The van der Waals surface area contributed by atoms with Crippen molar-refractivity contribution in [2.75, 3.05) is 13.7 Å². The van der Waals surface area contributed by atoms with Crippen LogP contribution in [0.3, 0.4) is 0 Å². The standard InChI is InChI=1S/C26H28N4O3S2/c1-15(2)21(29-26(32)33-3)25(31)30-11-7-10-20(30)24-27-12-19(28-24)18-14-35-22-17(13-34-23(18)22)16-8-5-4-6-9-16/h4-6,8-9,12-15,20-21H,7,10-11H2,1-3H3,(H,27,28)(H,29,32)/t20-,21-/m0/s1. The summed E-state index contributed by atoms with van der Waals surface area (Å²) in [6.07, 6.45) is 2.99. The van der Waals surface area contributed by atoms with Crippen molar-refractivity contribution in [2.45, 2.75) is 38.8 Å². The predicted molar refractivity (Wildman–Crippen MR) is 141 cm³/mol.